The van der Waals surface area contributed by atoms with Crippen LogP contribution in [0.5, 0.6) is 5.88 Å². The SMILES string of the molecule is COc1ccc2nc(NC(=O)N3CC4(CCN(C(C)=O)C4)c4cc(S(=O)(=O)N(C)Cc5ccccc5)ccc43)sc2n1. The number of thiazole rings is 1. The average Bonchev–Trinajstić information content (AvgIpc) is 3.68. The third-order valence-corrected chi connectivity index (χ3v) is 10.6. The number of pyridine rings is 1. The van der Waals surface area contributed by atoms with Crippen molar-refractivity contribution in [2.45, 2.75) is 30.2 Å². The lowest BCUT2D eigenvalue weighted by molar-refractivity contribution is -0.127. The van der Waals surface area contributed by atoms with Crippen LogP contribution in [0.25, 0.3) is 10.3 Å². The molecular formula is C29H30N6O5S2. The van der Waals surface area contributed by atoms with Crippen molar-refractivity contribution < 1.29 is 22.7 Å². The second kappa shape index (κ2) is 10.6. The van der Waals surface area contributed by atoms with E-state index in [1.165, 1.54) is 29.7 Å². The summed E-state index contributed by atoms with van der Waals surface area (Å²) in [7, 11) is -0.743. The summed E-state index contributed by atoms with van der Waals surface area (Å²) in [6.07, 6.45) is 0.609. The number of nitrogens with zero attached hydrogens (tertiary/aromatic N) is 5. The van der Waals surface area contributed by atoms with Crippen LogP contribution >= 0.6 is 11.3 Å². The number of methoxy groups -OCH3 is 1. The van der Waals surface area contributed by atoms with Gasteiger partial charge in [-0.25, -0.2) is 23.2 Å². The molecule has 1 unspecified atom stereocenters. The zero-order valence-electron chi connectivity index (χ0n) is 23.4. The van der Waals surface area contributed by atoms with E-state index in [0.29, 0.717) is 53.1 Å². The molecule has 0 bridgehead atoms. The van der Waals surface area contributed by atoms with E-state index in [0.717, 1.165) is 11.1 Å². The largest absolute Gasteiger partial charge is 0.481 e. The summed E-state index contributed by atoms with van der Waals surface area (Å²) in [6, 6.07) is 17.4. The van der Waals surface area contributed by atoms with Gasteiger partial charge in [-0.3, -0.25) is 15.0 Å². The van der Waals surface area contributed by atoms with Gasteiger partial charge in [-0.1, -0.05) is 41.7 Å². The maximum Gasteiger partial charge on any atom is 0.328 e. The highest BCUT2D eigenvalue weighted by Crippen LogP contribution is 2.47. The summed E-state index contributed by atoms with van der Waals surface area (Å²) in [5.74, 6) is 0.399. The predicted molar refractivity (Wildman–Crippen MR) is 160 cm³/mol. The number of benzene rings is 2. The third kappa shape index (κ3) is 4.97. The molecule has 0 aliphatic carbocycles. The van der Waals surface area contributed by atoms with Crippen LogP contribution < -0.4 is 15.0 Å². The minimum absolute atomic E-state index is 0.0555. The zero-order valence-corrected chi connectivity index (χ0v) is 25.0. The number of hydrogen-bond acceptors (Lipinski definition) is 8. The van der Waals surface area contributed by atoms with Crippen LogP contribution in [0.2, 0.25) is 0 Å². The second-order valence-corrected chi connectivity index (χ2v) is 13.6. The number of fused-ring (bicyclic) bond motifs is 3. The smallest absolute Gasteiger partial charge is 0.328 e. The molecule has 2 aromatic carbocycles. The number of carbonyl (C=O) groups is 2. The zero-order chi connectivity index (χ0) is 29.6. The number of anilines is 2. The minimum Gasteiger partial charge on any atom is -0.481 e. The maximum atomic E-state index is 13.7. The summed E-state index contributed by atoms with van der Waals surface area (Å²) >= 11 is 1.23. The number of urea groups is 1. The molecule has 3 amide bonds. The van der Waals surface area contributed by atoms with Gasteiger partial charge in [0.15, 0.2) is 5.13 Å². The maximum absolute atomic E-state index is 13.7. The quantitative estimate of drug-likeness (QED) is 0.351. The first-order valence-electron chi connectivity index (χ1n) is 13.4. The van der Waals surface area contributed by atoms with E-state index in [1.807, 2.05) is 30.3 Å². The Morgan fingerprint density at radius 2 is 1.88 bits per heavy atom. The number of ether oxygens (including phenoxy) is 1. The van der Waals surface area contributed by atoms with Gasteiger partial charge in [0.05, 0.1) is 12.0 Å². The van der Waals surface area contributed by atoms with Crippen molar-refractivity contribution >= 4 is 54.5 Å². The van der Waals surface area contributed by atoms with Crippen LogP contribution in [-0.4, -0.2) is 73.3 Å². The van der Waals surface area contributed by atoms with Crippen LogP contribution in [0.3, 0.4) is 0 Å². The Balaban J connectivity index is 1.32. The van der Waals surface area contributed by atoms with Gasteiger partial charge in [-0.05, 0) is 41.8 Å². The fourth-order valence-electron chi connectivity index (χ4n) is 5.71. The van der Waals surface area contributed by atoms with Crippen molar-refractivity contribution in [3.8, 4) is 5.88 Å². The molecule has 0 radical (unpaired) electrons. The molecule has 1 N–H and O–H groups in total. The lowest BCUT2D eigenvalue weighted by Gasteiger charge is -2.25. The standard InChI is InChI=1S/C29H30N6O5S2/c1-19(36)34-14-13-29(17-34)18-35(28(37)32-27-30-23-10-12-25(40-3)31-26(23)41-27)24-11-9-21(15-22(24)29)42(38,39)33(2)16-20-7-5-4-6-8-20/h4-12,15H,13-14,16-18H2,1-3H3,(H,30,32,37). The van der Waals surface area contributed by atoms with Crippen LogP contribution in [0, 0.1) is 0 Å². The molecule has 218 valence electrons. The van der Waals surface area contributed by atoms with E-state index < -0.39 is 21.5 Å². The van der Waals surface area contributed by atoms with Crippen molar-refractivity contribution in [3.63, 3.8) is 0 Å². The van der Waals surface area contributed by atoms with E-state index >= 15 is 0 Å². The van der Waals surface area contributed by atoms with Crippen molar-refractivity contribution in [2.75, 3.05) is 44.0 Å². The number of hydrogen-bond donors (Lipinski definition) is 1. The predicted octanol–water partition coefficient (Wildman–Crippen LogP) is 4.06. The average molecular weight is 607 g/mol. The van der Waals surface area contributed by atoms with Gasteiger partial charge in [0.25, 0.3) is 0 Å². The molecule has 1 spiro atoms. The molecule has 2 aromatic heterocycles. The first kappa shape index (κ1) is 28.1. The highest BCUT2D eigenvalue weighted by Gasteiger charge is 2.50. The lowest BCUT2D eigenvalue weighted by atomic mass is 9.81. The van der Waals surface area contributed by atoms with Crippen LogP contribution in [0.1, 0.15) is 24.5 Å². The van der Waals surface area contributed by atoms with Crippen LogP contribution in [0.15, 0.2) is 65.6 Å². The van der Waals surface area contributed by atoms with Gasteiger partial charge in [0.2, 0.25) is 21.8 Å². The second-order valence-electron chi connectivity index (χ2n) is 10.6. The fraction of sp³-hybridized carbons (Fsp3) is 0.310. The molecule has 2 aliphatic rings. The first-order valence-corrected chi connectivity index (χ1v) is 15.7. The van der Waals surface area contributed by atoms with E-state index in [9.17, 15) is 18.0 Å². The summed E-state index contributed by atoms with van der Waals surface area (Å²) < 4.78 is 33.8. The van der Waals surface area contributed by atoms with Gasteiger partial charge in [0.1, 0.15) is 10.3 Å². The van der Waals surface area contributed by atoms with Crippen molar-refractivity contribution in [3.05, 3.63) is 71.8 Å². The van der Waals surface area contributed by atoms with Crippen molar-refractivity contribution in [2.24, 2.45) is 0 Å². The molecule has 1 saturated heterocycles. The molecule has 4 aromatic rings. The number of amides is 3. The Labute approximate surface area is 247 Å². The van der Waals surface area contributed by atoms with E-state index in [-0.39, 0.29) is 17.3 Å². The Kier molecular flexibility index (Phi) is 7.11. The van der Waals surface area contributed by atoms with Gasteiger partial charge >= 0.3 is 6.03 Å². The van der Waals surface area contributed by atoms with Crippen molar-refractivity contribution in [1.82, 2.24) is 19.2 Å². The number of likely N-dealkylation sites (tertiary alicyclic amines) is 1. The lowest BCUT2D eigenvalue weighted by Crippen LogP contribution is -2.41. The molecular weight excluding hydrogens is 576 g/mol. The number of nitrogens with one attached hydrogen (secondary N) is 1. The highest BCUT2D eigenvalue weighted by molar-refractivity contribution is 7.89. The number of sulfonamides is 1. The number of rotatable bonds is 6. The highest BCUT2D eigenvalue weighted by atomic mass is 32.2. The molecule has 1 atom stereocenters. The number of carbonyl (C=O) groups excluding carboxylic acids is 2. The minimum atomic E-state index is -3.83. The summed E-state index contributed by atoms with van der Waals surface area (Å²) in [5, 5.41) is 3.27. The molecule has 1 fully saturated rings. The molecule has 2 aliphatic heterocycles. The Hall–Kier alpha value is -4.07. The third-order valence-electron chi connectivity index (χ3n) is 7.94. The van der Waals surface area contributed by atoms with Crippen LogP contribution in [-0.2, 0) is 26.8 Å². The Morgan fingerprint density at radius 1 is 1.10 bits per heavy atom. The summed E-state index contributed by atoms with van der Waals surface area (Å²) in [6.45, 7) is 2.97. The van der Waals surface area contributed by atoms with Gasteiger partial charge in [-0.15, -0.1) is 0 Å². The van der Waals surface area contributed by atoms with Crippen LogP contribution in [0.4, 0.5) is 15.6 Å². The van der Waals surface area contributed by atoms with Gasteiger partial charge in [-0.2, -0.15) is 4.31 Å². The van der Waals surface area contributed by atoms with E-state index in [4.69, 9.17) is 4.74 Å². The summed E-state index contributed by atoms with van der Waals surface area (Å²) in [5.41, 5.74) is 2.27. The van der Waals surface area contributed by atoms with E-state index in [1.54, 1.807) is 47.2 Å². The number of aromatic nitrogens is 2. The Bertz CT molecular complexity index is 1790. The molecule has 4 heterocycles. The van der Waals surface area contributed by atoms with Gasteiger partial charge in [0, 0.05) is 57.3 Å². The molecule has 42 heavy (non-hydrogen) atoms. The molecule has 11 nitrogen and oxygen atoms in total. The van der Waals surface area contributed by atoms with Gasteiger partial charge < -0.3 is 9.64 Å². The fourth-order valence-corrected chi connectivity index (χ4v) is 7.72. The van der Waals surface area contributed by atoms with Crippen molar-refractivity contribution in [1.29, 1.82) is 0 Å². The monoisotopic (exact) mass is 606 g/mol. The first-order chi connectivity index (χ1) is 20.1. The topological polar surface area (TPSA) is 125 Å². The summed E-state index contributed by atoms with van der Waals surface area (Å²) in [4.78, 5) is 38.9. The molecule has 13 heteroatoms. The Morgan fingerprint density at radius 3 is 2.60 bits per heavy atom. The van der Waals surface area contributed by atoms with E-state index in [2.05, 4.69) is 15.3 Å². The molecule has 6 rings (SSSR count). The normalized spacial score (nSPS) is 18.2. The molecule has 0 saturated carbocycles.